The second-order valence-corrected chi connectivity index (χ2v) is 14.2. The first kappa shape index (κ1) is 47.0. The summed E-state index contributed by atoms with van der Waals surface area (Å²) in [6.45, 7) is 12.5. The SMILES string of the molecule is C=C(C)C(=O)OCCCc1cc(-c2c(F)cc(CCCCCCC)cc2F)ccc1OCC(COC(=O)CC(C)=O)(COC(=O)CC(C)=O)COC(=O)C(=C)C. The number of benzene rings is 2. The Kier molecular flexibility index (Phi) is 19.8. The van der Waals surface area contributed by atoms with Crippen molar-refractivity contribution in [3.63, 3.8) is 0 Å². The molecule has 0 unspecified atom stereocenters. The van der Waals surface area contributed by atoms with E-state index in [4.69, 9.17) is 23.7 Å². The molecule has 0 spiro atoms. The molecule has 0 bridgehead atoms. The molecule has 2 rings (SSSR count). The molecule has 11 nitrogen and oxygen atoms in total. The normalized spacial score (nSPS) is 11.0. The lowest BCUT2D eigenvalue weighted by Gasteiger charge is -2.32. The molecule has 0 aliphatic carbocycles. The Morgan fingerprint density at radius 2 is 1.18 bits per heavy atom. The molecule has 0 amide bonds. The molecule has 0 fully saturated rings. The minimum atomic E-state index is -1.58. The summed E-state index contributed by atoms with van der Waals surface area (Å²) in [6, 6.07) is 7.17. The number of carbonyl (C=O) groups is 6. The highest BCUT2D eigenvalue weighted by Crippen LogP contribution is 2.34. The number of hydrogen-bond donors (Lipinski definition) is 0. The van der Waals surface area contributed by atoms with E-state index in [1.54, 1.807) is 6.07 Å². The summed E-state index contributed by atoms with van der Waals surface area (Å²) >= 11 is 0. The van der Waals surface area contributed by atoms with Gasteiger partial charge in [0, 0.05) is 11.1 Å². The molecule has 0 atom stereocenters. The number of rotatable bonds is 26. The summed E-state index contributed by atoms with van der Waals surface area (Å²) in [4.78, 5) is 72.6. The number of halogens is 2. The second-order valence-electron chi connectivity index (χ2n) is 14.2. The van der Waals surface area contributed by atoms with Gasteiger partial charge in [-0.15, -0.1) is 0 Å². The zero-order valence-electron chi connectivity index (χ0n) is 33.2. The summed E-state index contributed by atoms with van der Waals surface area (Å²) in [5, 5.41) is 0. The highest BCUT2D eigenvalue weighted by Gasteiger charge is 2.38. The Bertz CT molecular complexity index is 1690. The third-order valence-corrected chi connectivity index (χ3v) is 8.45. The lowest BCUT2D eigenvalue weighted by Crippen LogP contribution is -2.44. The number of ether oxygens (including phenoxy) is 5. The number of carbonyl (C=O) groups excluding carboxylic acids is 6. The number of hydrogen-bond acceptors (Lipinski definition) is 11. The predicted molar refractivity (Wildman–Crippen MR) is 205 cm³/mol. The molecule has 0 N–H and O–H groups in total. The van der Waals surface area contributed by atoms with E-state index < -0.39 is 91.8 Å². The molecule has 0 aromatic heterocycles. The number of esters is 4. The van der Waals surface area contributed by atoms with Gasteiger partial charge in [0.05, 0.1) is 12.2 Å². The Hall–Kier alpha value is -5.20. The van der Waals surface area contributed by atoms with Crippen molar-refractivity contribution in [2.24, 2.45) is 5.41 Å². The maximum absolute atomic E-state index is 15.6. The van der Waals surface area contributed by atoms with Crippen molar-refractivity contribution in [3.8, 4) is 16.9 Å². The Labute approximate surface area is 327 Å². The van der Waals surface area contributed by atoms with E-state index in [0.717, 1.165) is 32.1 Å². The van der Waals surface area contributed by atoms with Crippen molar-refractivity contribution in [2.75, 3.05) is 33.0 Å². The quantitative estimate of drug-likeness (QED) is 0.0303. The van der Waals surface area contributed by atoms with Crippen LogP contribution < -0.4 is 4.74 Å². The fourth-order valence-electron chi connectivity index (χ4n) is 5.40. The van der Waals surface area contributed by atoms with Crippen LogP contribution in [0.3, 0.4) is 0 Å². The molecule has 0 heterocycles. The van der Waals surface area contributed by atoms with Crippen LogP contribution in [0.4, 0.5) is 8.78 Å². The molecular formula is C43H54F2O11. The highest BCUT2D eigenvalue weighted by molar-refractivity contribution is 5.94. The van der Waals surface area contributed by atoms with E-state index in [1.807, 2.05) is 0 Å². The van der Waals surface area contributed by atoms with Crippen LogP contribution in [-0.2, 0) is 60.6 Å². The third kappa shape index (κ3) is 16.7. The fourth-order valence-corrected chi connectivity index (χ4v) is 5.40. The predicted octanol–water partition coefficient (Wildman–Crippen LogP) is 7.73. The van der Waals surface area contributed by atoms with Crippen molar-refractivity contribution in [1.29, 1.82) is 0 Å². The van der Waals surface area contributed by atoms with E-state index in [1.165, 1.54) is 52.0 Å². The summed E-state index contributed by atoms with van der Waals surface area (Å²) in [5.74, 6) is -5.40. The van der Waals surface area contributed by atoms with Gasteiger partial charge in [-0.05, 0) is 94.3 Å². The van der Waals surface area contributed by atoms with Gasteiger partial charge in [-0.2, -0.15) is 0 Å². The summed E-state index contributed by atoms with van der Waals surface area (Å²) in [6.07, 6.45) is 4.92. The van der Waals surface area contributed by atoms with Crippen LogP contribution in [0.15, 0.2) is 54.6 Å². The number of unbranched alkanes of at least 4 members (excludes halogenated alkanes) is 4. The lowest BCUT2D eigenvalue weighted by molar-refractivity contribution is -0.163. The molecule has 13 heteroatoms. The average molecular weight is 785 g/mol. The standard InChI is InChI=1S/C43H54F2O11/c1-8-9-10-11-12-14-32-21-35(44)40(36(45)22-32)34-16-17-37(33(23-34)15-13-18-52-41(50)28(2)3)53-24-43(27-56-42(51)29(4)5,25-54-38(48)19-30(6)46)26-55-39(49)20-31(7)47/h16-17,21-23H,2,4,8-15,18-20,24-27H2,1,3,5-7H3. The Morgan fingerprint density at radius 3 is 1.71 bits per heavy atom. The summed E-state index contributed by atoms with van der Waals surface area (Å²) in [7, 11) is 0. The van der Waals surface area contributed by atoms with Gasteiger partial charge in [-0.3, -0.25) is 19.2 Å². The molecule has 56 heavy (non-hydrogen) atoms. The van der Waals surface area contributed by atoms with Crippen LogP contribution in [0.5, 0.6) is 5.75 Å². The first-order chi connectivity index (χ1) is 26.5. The number of ketones is 2. The Morgan fingerprint density at radius 1 is 0.643 bits per heavy atom. The molecule has 0 radical (unpaired) electrons. The monoisotopic (exact) mass is 784 g/mol. The van der Waals surface area contributed by atoms with Gasteiger partial charge in [-0.1, -0.05) is 51.8 Å². The van der Waals surface area contributed by atoms with Gasteiger partial charge in [0.25, 0.3) is 0 Å². The first-order valence-corrected chi connectivity index (χ1v) is 18.7. The smallest absolute Gasteiger partial charge is 0.333 e. The van der Waals surface area contributed by atoms with E-state index in [2.05, 4.69) is 20.1 Å². The average Bonchev–Trinajstić information content (AvgIpc) is 3.12. The lowest BCUT2D eigenvalue weighted by atomic mass is 9.91. The van der Waals surface area contributed by atoms with Gasteiger partial charge in [0.2, 0.25) is 0 Å². The topological polar surface area (TPSA) is 149 Å². The van der Waals surface area contributed by atoms with Gasteiger partial charge >= 0.3 is 23.9 Å². The zero-order chi connectivity index (χ0) is 41.8. The van der Waals surface area contributed by atoms with Crippen molar-refractivity contribution in [3.05, 3.63) is 77.4 Å². The maximum atomic E-state index is 15.6. The fraction of sp³-hybridized carbons (Fsp3) is 0.488. The minimum Gasteiger partial charge on any atom is -0.492 e. The molecule has 0 aliphatic rings. The van der Waals surface area contributed by atoms with Gasteiger partial charge < -0.3 is 23.7 Å². The highest BCUT2D eigenvalue weighted by atomic mass is 19.1. The zero-order valence-corrected chi connectivity index (χ0v) is 33.2. The number of aryl methyl sites for hydroxylation is 2. The largest absolute Gasteiger partial charge is 0.492 e. The second kappa shape index (κ2) is 23.7. The van der Waals surface area contributed by atoms with E-state index in [0.29, 0.717) is 17.5 Å². The molecule has 0 saturated heterocycles. The third-order valence-electron chi connectivity index (χ3n) is 8.45. The number of Topliss-reactive ketones (excluding diaryl/α,β-unsaturated/α-hetero) is 2. The van der Waals surface area contributed by atoms with Crippen LogP contribution in [0, 0.1) is 17.0 Å². The Balaban J connectivity index is 2.55. The van der Waals surface area contributed by atoms with Crippen molar-refractivity contribution < 1.29 is 61.2 Å². The molecule has 306 valence electrons. The van der Waals surface area contributed by atoms with Crippen LogP contribution in [-0.4, -0.2) is 68.5 Å². The van der Waals surface area contributed by atoms with Crippen LogP contribution in [0.25, 0.3) is 11.1 Å². The molecule has 0 aliphatic heterocycles. The first-order valence-electron chi connectivity index (χ1n) is 18.7. The summed E-state index contributed by atoms with van der Waals surface area (Å²) in [5.41, 5.74) is -0.346. The van der Waals surface area contributed by atoms with E-state index in [9.17, 15) is 28.8 Å². The summed E-state index contributed by atoms with van der Waals surface area (Å²) < 4.78 is 58.8. The van der Waals surface area contributed by atoms with Crippen molar-refractivity contribution in [1.82, 2.24) is 0 Å². The molecule has 2 aromatic carbocycles. The van der Waals surface area contributed by atoms with Crippen LogP contribution >= 0.6 is 0 Å². The molecular weight excluding hydrogens is 730 g/mol. The minimum absolute atomic E-state index is 0.00989. The van der Waals surface area contributed by atoms with E-state index >= 15 is 8.78 Å². The van der Waals surface area contributed by atoms with Gasteiger partial charge in [0.15, 0.2) is 0 Å². The van der Waals surface area contributed by atoms with Crippen molar-refractivity contribution >= 4 is 35.4 Å². The van der Waals surface area contributed by atoms with Gasteiger partial charge in [-0.25, -0.2) is 18.4 Å². The van der Waals surface area contributed by atoms with Crippen LogP contribution in [0.1, 0.15) is 97.1 Å². The van der Waals surface area contributed by atoms with E-state index in [-0.39, 0.29) is 47.5 Å². The molecule has 0 saturated carbocycles. The maximum Gasteiger partial charge on any atom is 0.333 e. The van der Waals surface area contributed by atoms with Crippen LogP contribution in [0.2, 0.25) is 0 Å². The van der Waals surface area contributed by atoms with Gasteiger partial charge in [0.1, 0.15) is 73.6 Å². The van der Waals surface area contributed by atoms with Crippen molar-refractivity contribution in [2.45, 2.75) is 98.8 Å². The molecule has 2 aromatic rings.